The first kappa shape index (κ1) is 14.1. The smallest absolute Gasteiger partial charge is 0.0843 e. The molecule has 0 radical (unpaired) electrons. The van der Waals surface area contributed by atoms with E-state index in [4.69, 9.17) is 4.74 Å². The van der Waals surface area contributed by atoms with Crippen LogP contribution in [0.2, 0.25) is 0 Å². The van der Waals surface area contributed by atoms with Gasteiger partial charge in [0.05, 0.1) is 11.8 Å². The summed E-state index contributed by atoms with van der Waals surface area (Å²) in [4.78, 5) is 0. The van der Waals surface area contributed by atoms with Gasteiger partial charge in [0, 0.05) is 32.3 Å². The highest BCUT2D eigenvalue weighted by molar-refractivity contribution is 4.97. The monoisotopic (exact) mass is 240 g/mol. The molecule has 0 aliphatic heterocycles. The zero-order valence-corrected chi connectivity index (χ0v) is 11.3. The predicted molar refractivity (Wildman–Crippen MR) is 67.9 cm³/mol. The molecule has 0 aliphatic rings. The van der Waals surface area contributed by atoms with Crippen LogP contribution < -0.4 is 5.32 Å². The van der Waals surface area contributed by atoms with E-state index in [0.717, 1.165) is 31.7 Å². The van der Waals surface area contributed by atoms with Crippen LogP contribution in [0.25, 0.3) is 0 Å². The van der Waals surface area contributed by atoms with E-state index in [1.165, 1.54) is 0 Å². The molecule has 0 fully saturated rings. The van der Waals surface area contributed by atoms with Crippen molar-refractivity contribution in [2.24, 2.45) is 7.05 Å². The zero-order chi connectivity index (χ0) is 12.7. The van der Waals surface area contributed by atoms with Gasteiger partial charge in [-0.3, -0.25) is 4.68 Å². The minimum absolute atomic E-state index is 0.238. The maximum absolute atomic E-state index is 5.77. The number of likely N-dealkylation sites (N-methyl/N-ethyl adjacent to an activating group) is 1. The molecule has 1 rings (SSSR count). The number of hydrogen-bond donors (Lipinski definition) is 1. The van der Waals surface area contributed by atoms with Crippen molar-refractivity contribution in [3.8, 4) is 0 Å². The van der Waals surface area contributed by atoms with Gasteiger partial charge in [0.1, 0.15) is 0 Å². The molecule has 1 N–H and O–H groups in total. The molecule has 5 nitrogen and oxygen atoms in total. The van der Waals surface area contributed by atoms with Crippen LogP contribution in [0.3, 0.4) is 0 Å². The number of nitrogens with zero attached hydrogens (tertiary/aromatic N) is 3. The van der Waals surface area contributed by atoms with E-state index in [-0.39, 0.29) is 6.10 Å². The van der Waals surface area contributed by atoms with E-state index in [2.05, 4.69) is 29.5 Å². The van der Waals surface area contributed by atoms with E-state index in [9.17, 15) is 0 Å². The van der Waals surface area contributed by atoms with E-state index >= 15 is 0 Å². The van der Waals surface area contributed by atoms with Crippen molar-refractivity contribution < 1.29 is 4.74 Å². The Hall–Kier alpha value is -0.940. The van der Waals surface area contributed by atoms with E-state index in [0.29, 0.717) is 6.04 Å². The van der Waals surface area contributed by atoms with E-state index in [1.807, 2.05) is 20.2 Å². The summed E-state index contributed by atoms with van der Waals surface area (Å²) in [6, 6.07) is 0.307. The fraction of sp³-hybridized carbons (Fsp3) is 0.833. The molecule has 5 heteroatoms. The first-order valence-electron chi connectivity index (χ1n) is 6.41. The van der Waals surface area contributed by atoms with Gasteiger partial charge in [-0.2, -0.15) is 0 Å². The molecule has 0 aliphatic carbocycles. The first-order valence-corrected chi connectivity index (χ1v) is 6.41. The van der Waals surface area contributed by atoms with Crippen LogP contribution in [-0.2, 0) is 18.2 Å². The van der Waals surface area contributed by atoms with Gasteiger partial charge in [0.15, 0.2) is 0 Å². The van der Waals surface area contributed by atoms with Crippen LogP contribution in [0.15, 0.2) is 6.20 Å². The summed E-state index contributed by atoms with van der Waals surface area (Å²) in [6.45, 7) is 7.99. The van der Waals surface area contributed by atoms with Crippen molar-refractivity contribution in [1.29, 1.82) is 0 Å². The van der Waals surface area contributed by atoms with Crippen molar-refractivity contribution in [2.75, 3.05) is 13.2 Å². The standard InChI is InChI=1S/C12H24N4O/c1-5-12(17-7-3)11(13-6-2)8-10-9-16(4)15-14-10/h9,11-13H,5-8H2,1-4H3. The molecular weight excluding hydrogens is 216 g/mol. The quantitative estimate of drug-likeness (QED) is 0.740. The third-order valence-corrected chi connectivity index (χ3v) is 2.78. The lowest BCUT2D eigenvalue weighted by Gasteiger charge is -2.26. The highest BCUT2D eigenvalue weighted by atomic mass is 16.5. The fourth-order valence-corrected chi connectivity index (χ4v) is 2.04. The van der Waals surface area contributed by atoms with Crippen LogP contribution in [0.5, 0.6) is 0 Å². The largest absolute Gasteiger partial charge is 0.377 e. The maximum Gasteiger partial charge on any atom is 0.0843 e. The number of nitrogens with one attached hydrogen (secondary N) is 1. The Bertz CT molecular complexity index is 313. The van der Waals surface area contributed by atoms with Crippen molar-refractivity contribution >= 4 is 0 Å². The number of aryl methyl sites for hydroxylation is 1. The van der Waals surface area contributed by atoms with Crippen LogP contribution in [0.1, 0.15) is 32.9 Å². The van der Waals surface area contributed by atoms with Gasteiger partial charge in [-0.05, 0) is 19.9 Å². The molecule has 17 heavy (non-hydrogen) atoms. The third-order valence-electron chi connectivity index (χ3n) is 2.78. The summed E-state index contributed by atoms with van der Waals surface area (Å²) in [5.74, 6) is 0. The molecule has 0 amide bonds. The number of aromatic nitrogens is 3. The Morgan fingerprint density at radius 3 is 2.65 bits per heavy atom. The molecule has 2 atom stereocenters. The summed E-state index contributed by atoms with van der Waals surface area (Å²) in [7, 11) is 1.89. The summed E-state index contributed by atoms with van der Waals surface area (Å²) in [5.41, 5.74) is 1.01. The molecule has 0 spiro atoms. The molecule has 0 bridgehead atoms. The third kappa shape index (κ3) is 4.44. The molecular formula is C12H24N4O. The van der Waals surface area contributed by atoms with Crippen molar-refractivity contribution in [2.45, 2.75) is 45.8 Å². The Labute approximate surface area is 104 Å². The molecule has 1 aromatic rings. The fourth-order valence-electron chi connectivity index (χ4n) is 2.04. The predicted octanol–water partition coefficient (Wildman–Crippen LogP) is 1.15. The molecule has 1 aromatic heterocycles. The van der Waals surface area contributed by atoms with Crippen LogP contribution in [-0.4, -0.2) is 40.3 Å². The van der Waals surface area contributed by atoms with Crippen molar-refractivity contribution in [3.05, 3.63) is 11.9 Å². The van der Waals surface area contributed by atoms with Gasteiger partial charge >= 0.3 is 0 Å². The average Bonchev–Trinajstić information content (AvgIpc) is 2.71. The molecule has 0 saturated carbocycles. The highest BCUT2D eigenvalue weighted by Gasteiger charge is 2.20. The number of hydrogen-bond acceptors (Lipinski definition) is 4. The summed E-state index contributed by atoms with van der Waals surface area (Å²) in [5, 5.41) is 11.6. The van der Waals surface area contributed by atoms with Gasteiger partial charge in [-0.1, -0.05) is 19.1 Å². The normalized spacial score (nSPS) is 14.8. The lowest BCUT2D eigenvalue weighted by Crippen LogP contribution is -2.42. The second kappa shape index (κ2) is 7.40. The summed E-state index contributed by atoms with van der Waals surface area (Å²) < 4.78 is 7.50. The topological polar surface area (TPSA) is 52.0 Å². The van der Waals surface area contributed by atoms with Crippen molar-refractivity contribution in [3.63, 3.8) is 0 Å². The van der Waals surface area contributed by atoms with Crippen LogP contribution in [0, 0.1) is 0 Å². The summed E-state index contributed by atoms with van der Waals surface area (Å²) in [6.07, 6.45) is 4.07. The highest BCUT2D eigenvalue weighted by Crippen LogP contribution is 2.09. The number of ether oxygens (including phenoxy) is 1. The van der Waals surface area contributed by atoms with E-state index in [1.54, 1.807) is 4.68 Å². The Balaban J connectivity index is 2.63. The van der Waals surface area contributed by atoms with Gasteiger partial charge < -0.3 is 10.1 Å². The molecule has 2 unspecified atom stereocenters. The first-order chi connectivity index (χ1) is 8.21. The lowest BCUT2D eigenvalue weighted by atomic mass is 10.0. The Morgan fingerprint density at radius 2 is 2.18 bits per heavy atom. The van der Waals surface area contributed by atoms with E-state index < -0.39 is 0 Å². The SMILES string of the molecule is CCNC(Cc1cn(C)nn1)C(CC)OCC. The van der Waals surface area contributed by atoms with Crippen molar-refractivity contribution in [1.82, 2.24) is 20.3 Å². The number of rotatable bonds is 8. The Kier molecular flexibility index (Phi) is 6.15. The summed E-state index contributed by atoms with van der Waals surface area (Å²) >= 11 is 0. The van der Waals surface area contributed by atoms with Crippen LogP contribution >= 0.6 is 0 Å². The minimum atomic E-state index is 0.238. The minimum Gasteiger partial charge on any atom is -0.377 e. The average molecular weight is 240 g/mol. The molecule has 0 aromatic carbocycles. The van der Waals surface area contributed by atoms with Crippen LogP contribution in [0.4, 0.5) is 0 Å². The second-order valence-electron chi connectivity index (χ2n) is 4.15. The molecule has 1 heterocycles. The molecule has 0 saturated heterocycles. The van der Waals surface area contributed by atoms with Gasteiger partial charge in [-0.25, -0.2) is 0 Å². The lowest BCUT2D eigenvalue weighted by molar-refractivity contribution is 0.0321. The Morgan fingerprint density at radius 1 is 1.41 bits per heavy atom. The maximum atomic E-state index is 5.77. The van der Waals surface area contributed by atoms with Gasteiger partial charge in [0.2, 0.25) is 0 Å². The zero-order valence-electron chi connectivity index (χ0n) is 11.3. The second-order valence-corrected chi connectivity index (χ2v) is 4.15. The van der Waals surface area contributed by atoms with Gasteiger partial charge in [-0.15, -0.1) is 5.10 Å². The molecule has 98 valence electrons. The van der Waals surface area contributed by atoms with Gasteiger partial charge in [0.25, 0.3) is 0 Å².